The van der Waals surface area contributed by atoms with Crippen molar-refractivity contribution in [2.24, 2.45) is 5.92 Å². The maximum atomic E-state index is 2.37. The molecule has 1 aromatic carbocycles. The van der Waals surface area contributed by atoms with Crippen molar-refractivity contribution in [3.8, 4) is 0 Å². The standard InChI is InChI=1S/C14H17B/c1-11-3-7-13(8-4-11)15-14-9-5-12(2)6-10-14/h3-5,7-10,12,15H,6H2,1-2H3. The van der Waals surface area contributed by atoms with Crippen LogP contribution in [0, 0.1) is 12.8 Å². The molecule has 0 aromatic heterocycles. The summed E-state index contributed by atoms with van der Waals surface area (Å²) in [5.74, 6) is 0.715. The molecule has 0 saturated heterocycles. The summed E-state index contributed by atoms with van der Waals surface area (Å²) in [6.45, 7) is 4.39. The Hall–Kier alpha value is -1.24. The average Bonchev–Trinajstić information content (AvgIpc) is 2.25. The minimum atomic E-state index is 0.715. The van der Waals surface area contributed by atoms with Gasteiger partial charge in [-0.05, 0) is 19.3 Å². The highest BCUT2D eigenvalue weighted by Gasteiger charge is 2.05. The van der Waals surface area contributed by atoms with Crippen LogP contribution in [-0.4, -0.2) is 7.28 Å². The van der Waals surface area contributed by atoms with Crippen LogP contribution in [0.1, 0.15) is 18.9 Å². The van der Waals surface area contributed by atoms with Crippen molar-refractivity contribution >= 4 is 12.7 Å². The molecule has 0 amide bonds. The van der Waals surface area contributed by atoms with E-state index in [4.69, 9.17) is 0 Å². The van der Waals surface area contributed by atoms with Crippen LogP contribution in [0.15, 0.2) is 48.0 Å². The molecule has 0 heterocycles. The van der Waals surface area contributed by atoms with Gasteiger partial charge in [0, 0.05) is 0 Å². The molecule has 0 aliphatic heterocycles. The molecule has 1 aromatic rings. The van der Waals surface area contributed by atoms with Crippen molar-refractivity contribution in [3.05, 3.63) is 53.5 Å². The fraction of sp³-hybridized carbons (Fsp3) is 0.286. The highest BCUT2D eigenvalue weighted by Crippen LogP contribution is 2.14. The second-order valence-electron chi connectivity index (χ2n) is 4.51. The molecular weight excluding hydrogens is 179 g/mol. The summed E-state index contributed by atoms with van der Waals surface area (Å²) in [6.07, 6.45) is 8.14. The Morgan fingerprint density at radius 1 is 1.20 bits per heavy atom. The SMILES string of the molecule is Cc1ccc(BC2=CCC(C)C=C2)cc1. The Morgan fingerprint density at radius 2 is 1.93 bits per heavy atom. The molecule has 1 unspecified atom stereocenters. The van der Waals surface area contributed by atoms with E-state index in [2.05, 4.69) is 56.3 Å². The molecule has 1 heteroatoms. The minimum Gasteiger partial charge on any atom is -0.0895 e. The lowest BCUT2D eigenvalue weighted by atomic mass is 9.61. The third-order valence-corrected chi connectivity index (χ3v) is 2.92. The largest absolute Gasteiger partial charge is 0.191 e. The molecule has 0 nitrogen and oxygen atoms in total. The van der Waals surface area contributed by atoms with E-state index in [-0.39, 0.29) is 0 Å². The van der Waals surface area contributed by atoms with Crippen LogP contribution in [-0.2, 0) is 0 Å². The number of aryl methyl sites for hydroxylation is 1. The maximum Gasteiger partial charge on any atom is 0.191 e. The van der Waals surface area contributed by atoms with Gasteiger partial charge < -0.3 is 0 Å². The van der Waals surface area contributed by atoms with Crippen molar-refractivity contribution in [1.82, 2.24) is 0 Å². The Morgan fingerprint density at radius 3 is 2.53 bits per heavy atom. The van der Waals surface area contributed by atoms with Crippen LogP contribution in [0.3, 0.4) is 0 Å². The summed E-state index contributed by atoms with van der Waals surface area (Å²) in [5.41, 5.74) is 4.20. The van der Waals surface area contributed by atoms with Gasteiger partial charge in [0.05, 0.1) is 0 Å². The predicted molar refractivity (Wildman–Crippen MR) is 69.0 cm³/mol. The molecule has 0 bridgehead atoms. The van der Waals surface area contributed by atoms with E-state index in [0.29, 0.717) is 5.92 Å². The highest BCUT2D eigenvalue weighted by atomic mass is 14.0. The Labute approximate surface area is 93.0 Å². The molecule has 1 aliphatic carbocycles. The van der Waals surface area contributed by atoms with Gasteiger partial charge in [0.25, 0.3) is 0 Å². The molecule has 0 saturated carbocycles. The van der Waals surface area contributed by atoms with E-state index in [1.165, 1.54) is 22.9 Å². The minimum absolute atomic E-state index is 0.715. The zero-order chi connectivity index (χ0) is 10.7. The lowest BCUT2D eigenvalue weighted by Gasteiger charge is -2.11. The van der Waals surface area contributed by atoms with Crippen LogP contribution in [0.5, 0.6) is 0 Å². The summed E-state index contributed by atoms with van der Waals surface area (Å²) in [6, 6.07) is 8.82. The second kappa shape index (κ2) is 4.52. The van der Waals surface area contributed by atoms with Gasteiger partial charge >= 0.3 is 0 Å². The summed E-state index contributed by atoms with van der Waals surface area (Å²) in [5, 5.41) is 0. The summed E-state index contributed by atoms with van der Waals surface area (Å²) < 4.78 is 0. The number of allylic oxidation sites excluding steroid dienone is 4. The number of benzene rings is 1. The van der Waals surface area contributed by atoms with E-state index in [9.17, 15) is 0 Å². The number of rotatable bonds is 2. The van der Waals surface area contributed by atoms with Crippen LogP contribution in [0.25, 0.3) is 0 Å². The molecule has 15 heavy (non-hydrogen) atoms. The summed E-state index contributed by atoms with van der Waals surface area (Å²) in [4.78, 5) is 0. The monoisotopic (exact) mass is 196 g/mol. The summed E-state index contributed by atoms with van der Waals surface area (Å²) >= 11 is 0. The van der Waals surface area contributed by atoms with Crippen molar-refractivity contribution in [3.63, 3.8) is 0 Å². The van der Waals surface area contributed by atoms with Crippen molar-refractivity contribution in [1.29, 1.82) is 0 Å². The molecule has 2 rings (SSSR count). The van der Waals surface area contributed by atoms with Crippen molar-refractivity contribution in [2.45, 2.75) is 20.3 Å². The van der Waals surface area contributed by atoms with Crippen LogP contribution < -0.4 is 5.46 Å². The predicted octanol–water partition coefficient (Wildman–Crippen LogP) is 2.54. The molecule has 0 radical (unpaired) electrons. The maximum absolute atomic E-state index is 2.37. The first-order valence-corrected chi connectivity index (χ1v) is 5.67. The fourth-order valence-electron chi connectivity index (χ4n) is 1.84. The Bertz CT molecular complexity index is 384. The van der Waals surface area contributed by atoms with Gasteiger partial charge in [-0.15, -0.1) is 0 Å². The smallest absolute Gasteiger partial charge is 0.0895 e. The van der Waals surface area contributed by atoms with E-state index in [0.717, 1.165) is 7.28 Å². The fourth-order valence-corrected chi connectivity index (χ4v) is 1.84. The third-order valence-electron chi connectivity index (χ3n) is 2.92. The second-order valence-corrected chi connectivity index (χ2v) is 4.51. The van der Waals surface area contributed by atoms with E-state index in [1.54, 1.807) is 0 Å². The lowest BCUT2D eigenvalue weighted by Crippen LogP contribution is -2.16. The molecule has 76 valence electrons. The van der Waals surface area contributed by atoms with Gasteiger partial charge in [-0.1, -0.05) is 65.9 Å². The van der Waals surface area contributed by atoms with Gasteiger partial charge in [-0.2, -0.15) is 0 Å². The number of hydrogen-bond donors (Lipinski definition) is 0. The molecule has 0 fully saturated rings. The molecule has 0 spiro atoms. The van der Waals surface area contributed by atoms with Crippen LogP contribution in [0.2, 0.25) is 0 Å². The topological polar surface area (TPSA) is 0 Å². The van der Waals surface area contributed by atoms with Crippen LogP contribution >= 0.6 is 0 Å². The van der Waals surface area contributed by atoms with Crippen molar-refractivity contribution in [2.75, 3.05) is 0 Å². The molecule has 1 aliphatic rings. The number of hydrogen-bond acceptors (Lipinski definition) is 0. The molecule has 0 N–H and O–H groups in total. The lowest BCUT2D eigenvalue weighted by molar-refractivity contribution is 0.735. The van der Waals surface area contributed by atoms with Crippen molar-refractivity contribution < 1.29 is 0 Å². The highest BCUT2D eigenvalue weighted by molar-refractivity contribution is 6.61. The van der Waals surface area contributed by atoms with Gasteiger partial charge in [0.2, 0.25) is 0 Å². The Kier molecular flexibility index (Phi) is 3.10. The molecule has 1 atom stereocenters. The Balaban J connectivity index is 2.04. The first-order valence-electron chi connectivity index (χ1n) is 5.67. The average molecular weight is 196 g/mol. The van der Waals surface area contributed by atoms with Gasteiger partial charge in [-0.3, -0.25) is 0 Å². The van der Waals surface area contributed by atoms with E-state index >= 15 is 0 Å². The first kappa shape index (κ1) is 10.3. The van der Waals surface area contributed by atoms with E-state index in [1.807, 2.05) is 0 Å². The zero-order valence-corrected chi connectivity index (χ0v) is 9.53. The normalized spacial score (nSPS) is 19.9. The van der Waals surface area contributed by atoms with Gasteiger partial charge in [0.1, 0.15) is 0 Å². The van der Waals surface area contributed by atoms with Gasteiger partial charge in [0.15, 0.2) is 7.28 Å². The third kappa shape index (κ3) is 2.85. The van der Waals surface area contributed by atoms with Crippen LogP contribution in [0.4, 0.5) is 0 Å². The van der Waals surface area contributed by atoms with Gasteiger partial charge in [-0.25, -0.2) is 0 Å². The van der Waals surface area contributed by atoms with E-state index < -0.39 is 0 Å². The quantitative estimate of drug-likeness (QED) is 0.637. The first-order chi connectivity index (χ1) is 7.24. The summed E-state index contributed by atoms with van der Waals surface area (Å²) in [7, 11) is 1.07. The molecular formula is C14H17B. The zero-order valence-electron chi connectivity index (χ0n) is 9.53.